The zero-order valence-electron chi connectivity index (χ0n) is 10.3. The van der Waals surface area contributed by atoms with E-state index in [-0.39, 0.29) is 11.3 Å². The van der Waals surface area contributed by atoms with Crippen molar-refractivity contribution in [2.24, 2.45) is 5.92 Å². The highest BCUT2D eigenvalue weighted by molar-refractivity contribution is 5.90. The average molecular weight is 262 g/mol. The van der Waals surface area contributed by atoms with E-state index in [0.29, 0.717) is 17.6 Å². The number of piperidine rings is 1. The van der Waals surface area contributed by atoms with Crippen LogP contribution in [0.5, 0.6) is 0 Å². The highest BCUT2D eigenvalue weighted by Crippen LogP contribution is 2.43. The molecule has 6 heteroatoms. The molecule has 2 fully saturated rings. The minimum atomic E-state index is -1.14. The van der Waals surface area contributed by atoms with Crippen molar-refractivity contribution in [1.29, 1.82) is 0 Å². The average Bonchev–Trinajstić information content (AvgIpc) is 3.00. The van der Waals surface area contributed by atoms with Gasteiger partial charge in [0.2, 0.25) is 0 Å². The molecule has 0 radical (unpaired) electrons. The predicted octanol–water partition coefficient (Wildman–Crippen LogP) is 2.28. The summed E-state index contributed by atoms with van der Waals surface area (Å²) >= 11 is 0. The highest BCUT2D eigenvalue weighted by Gasteiger charge is 2.40. The maximum Gasteiger partial charge on any atom is 0.335 e. The topological polar surface area (TPSA) is 83.7 Å². The van der Waals surface area contributed by atoms with E-state index in [1.165, 1.54) is 12.5 Å². The van der Waals surface area contributed by atoms with Crippen LogP contribution in [-0.2, 0) is 0 Å². The van der Waals surface area contributed by atoms with Crippen LogP contribution in [-0.4, -0.2) is 28.6 Å². The summed E-state index contributed by atoms with van der Waals surface area (Å²) in [6.07, 6.45) is 3.36. The highest BCUT2D eigenvalue weighted by atomic mass is 16.6. The lowest BCUT2D eigenvalue weighted by Gasteiger charge is -2.28. The maximum absolute atomic E-state index is 11.1. The number of carbonyl (C=O) groups is 1. The molecule has 2 unspecified atom stereocenters. The number of benzene rings is 1. The minimum absolute atomic E-state index is 0.0418. The summed E-state index contributed by atoms with van der Waals surface area (Å²) in [5.41, 5.74) is 0.412. The van der Waals surface area contributed by atoms with Crippen LogP contribution in [0.1, 0.15) is 29.6 Å². The number of anilines is 1. The lowest BCUT2D eigenvalue weighted by atomic mass is 10.1. The van der Waals surface area contributed by atoms with Crippen molar-refractivity contribution in [1.82, 2.24) is 0 Å². The number of rotatable bonds is 3. The number of aromatic carboxylic acids is 1. The quantitative estimate of drug-likeness (QED) is 0.667. The van der Waals surface area contributed by atoms with Crippen molar-refractivity contribution >= 4 is 17.3 Å². The van der Waals surface area contributed by atoms with Crippen molar-refractivity contribution < 1.29 is 14.8 Å². The smallest absolute Gasteiger partial charge is 0.335 e. The Bertz CT molecular complexity index is 558. The van der Waals surface area contributed by atoms with Gasteiger partial charge in [-0.05, 0) is 37.3 Å². The molecule has 1 aliphatic carbocycles. The number of fused-ring (bicyclic) bond motifs is 2. The van der Waals surface area contributed by atoms with E-state index < -0.39 is 10.9 Å². The van der Waals surface area contributed by atoms with Crippen molar-refractivity contribution in [3.05, 3.63) is 33.9 Å². The standard InChI is InChI=1S/C13H14N2O4/c16-13(17)9-2-4-11(12(6-9)15(18)19)14-7-8-1-3-10(14)5-8/h2,4,6,8,10H,1,3,5,7H2,(H,16,17). The van der Waals surface area contributed by atoms with Gasteiger partial charge in [-0.1, -0.05) is 0 Å². The molecule has 1 heterocycles. The van der Waals surface area contributed by atoms with Crippen molar-refractivity contribution in [3.63, 3.8) is 0 Å². The monoisotopic (exact) mass is 262 g/mol. The molecule has 2 atom stereocenters. The van der Waals surface area contributed by atoms with Crippen LogP contribution in [0, 0.1) is 16.0 Å². The van der Waals surface area contributed by atoms with Gasteiger partial charge in [-0.2, -0.15) is 0 Å². The first-order valence-electron chi connectivity index (χ1n) is 6.34. The molecule has 0 spiro atoms. The van der Waals surface area contributed by atoms with Gasteiger partial charge in [-0.25, -0.2) is 4.79 Å². The molecule has 1 aromatic rings. The molecule has 100 valence electrons. The molecule has 1 N–H and O–H groups in total. The summed E-state index contributed by atoms with van der Waals surface area (Å²) in [7, 11) is 0. The van der Waals surface area contributed by atoms with Crippen LogP contribution in [0.3, 0.4) is 0 Å². The fraction of sp³-hybridized carbons (Fsp3) is 0.462. The normalized spacial score (nSPS) is 24.7. The van der Waals surface area contributed by atoms with Crippen LogP contribution < -0.4 is 4.90 Å². The van der Waals surface area contributed by atoms with Gasteiger partial charge in [0.1, 0.15) is 5.69 Å². The summed E-state index contributed by atoms with van der Waals surface area (Å²) in [6.45, 7) is 0.845. The molecule has 19 heavy (non-hydrogen) atoms. The first kappa shape index (κ1) is 12.0. The lowest BCUT2D eigenvalue weighted by Crippen LogP contribution is -2.32. The third kappa shape index (κ3) is 1.93. The molecule has 1 saturated carbocycles. The van der Waals surface area contributed by atoms with E-state index in [1.54, 1.807) is 6.07 Å². The second-order valence-electron chi connectivity index (χ2n) is 5.25. The Morgan fingerprint density at radius 3 is 2.74 bits per heavy atom. The van der Waals surface area contributed by atoms with E-state index in [2.05, 4.69) is 4.90 Å². The molecule has 1 aromatic carbocycles. The molecular formula is C13H14N2O4. The Balaban J connectivity index is 2.01. The lowest BCUT2D eigenvalue weighted by molar-refractivity contribution is -0.384. The molecule has 1 aliphatic heterocycles. The summed E-state index contributed by atoms with van der Waals surface area (Å²) in [5, 5.41) is 20.1. The molecule has 2 aliphatic rings. The molecular weight excluding hydrogens is 248 g/mol. The van der Waals surface area contributed by atoms with E-state index in [0.717, 1.165) is 25.5 Å². The molecule has 0 amide bonds. The van der Waals surface area contributed by atoms with Gasteiger partial charge >= 0.3 is 5.97 Å². The second kappa shape index (κ2) is 4.22. The van der Waals surface area contributed by atoms with Gasteiger partial charge in [-0.15, -0.1) is 0 Å². The summed E-state index contributed by atoms with van der Waals surface area (Å²) in [5.74, 6) is -0.513. The molecule has 1 saturated heterocycles. The van der Waals surface area contributed by atoms with E-state index in [1.807, 2.05) is 0 Å². The molecule has 6 nitrogen and oxygen atoms in total. The van der Waals surface area contributed by atoms with Gasteiger partial charge < -0.3 is 10.0 Å². The first-order valence-corrected chi connectivity index (χ1v) is 6.34. The Morgan fingerprint density at radius 2 is 2.21 bits per heavy atom. The zero-order valence-corrected chi connectivity index (χ0v) is 10.3. The van der Waals surface area contributed by atoms with Gasteiger partial charge in [0.05, 0.1) is 10.5 Å². The van der Waals surface area contributed by atoms with E-state index >= 15 is 0 Å². The SMILES string of the molecule is O=C(O)c1ccc(N2CC3CCC2C3)c([N+](=O)[O-])c1. The van der Waals surface area contributed by atoms with Gasteiger partial charge in [0.25, 0.3) is 5.69 Å². The predicted molar refractivity (Wildman–Crippen MR) is 68.5 cm³/mol. The fourth-order valence-corrected chi connectivity index (χ4v) is 3.27. The number of hydrogen-bond donors (Lipinski definition) is 1. The summed E-state index contributed by atoms with van der Waals surface area (Å²) in [4.78, 5) is 23.6. The van der Waals surface area contributed by atoms with Crippen LogP contribution in [0.2, 0.25) is 0 Å². The van der Waals surface area contributed by atoms with Gasteiger partial charge in [0.15, 0.2) is 0 Å². The molecule has 0 aromatic heterocycles. The first-order chi connectivity index (χ1) is 9.06. The number of carboxylic acids is 1. The largest absolute Gasteiger partial charge is 0.478 e. The Labute approximate surface area is 109 Å². The number of hydrogen-bond acceptors (Lipinski definition) is 4. The van der Waals surface area contributed by atoms with Crippen LogP contribution >= 0.6 is 0 Å². The number of nitrogens with zero attached hydrogens (tertiary/aromatic N) is 2. The van der Waals surface area contributed by atoms with Crippen LogP contribution in [0.4, 0.5) is 11.4 Å². The van der Waals surface area contributed by atoms with Crippen molar-refractivity contribution in [2.75, 3.05) is 11.4 Å². The van der Waals surface area contributed by atoms with Gasteiger partial charge in [0, 0.05) is 18.7 Å². The summed E-state index contributed by atoms with van der Waals surface area (Å²) < 4.78 is 0. The van der Waals surface area contributed by atoms with Crippen molar-refractivity contribution in [2.45, 2.75) is 25.3 Å². The van der Waals surface area contributed by atoms with Crippen LogP contribution in [0.25, 0.3) is 0 Å². The zero-order chi connectivity index (χ0) is 13.6. The maximum atomic E-state index is 11.1. The van der Waals surface area contributed by atoms with E-state index in [9.17, 15) is 14.9 Å². The van der Waals surface area contributed by atoms with E-state index in [4.69, 9.17) is 5.11 Å². The second-order valence-corrected chi connectivity index (χ2v) is 5.25. The summed E-state index contributed by atoms with van der Waals surface area (Å²) in [6, 6.07) is 4.54. The number of nitro benzene ring substituents is 1. The molecule has 3 rings (SSSR count). The van der Waals surface area contributed by atoms with Crippen LogP contribution in [0.15, 0.2) is 18.2 Å². The van der Waals surface area contributed by atoms with Gasteiger partial charge in [-0.3, -0.25) is 10.1 Å². The number of carboxylic acid groups (broad SMARTS) is 1. The molecule has 2 bridgehead atoms. The third-order valence-electron chi connectivity index (χ3n) is 4.14. The Hall–Kier alpha value is -2.11. The fourth-order valence-electron chi connectivity index (χ4n) is 3.27. The Kier molecular flexibility index (Phi) is 2.66. The number of nitro groups is 1. The van der Waals surface area contributed by atoms with Crippen molar-refractivity contribution in [3.8, 4) is 0 Å². The minimum Gasteiger partial charge on any atom is -0.478 e. The Morgan fingerprint density at radius 1 is 1.42 bits per heavy atom. The third-order valence-corrected chi connectivity index (χ3v) is 4.14.